The molecule has 12 heteroatoms. The van der Waals surface area contributed by atoms with Gasteiger partial charge in [-0.15, -0.1) is 0 Å². The van der Waals surface area contributed by atoms with Crippen molar-refractivity contribution in [3.05, 3.63) is 71.4 Å². The van der Waals surface area contributed by atoms with Crippen LogP contribution in [0, 0.1) is 12.7 Å². The predicted octanol–water partition coefficient (Wildman–Crippen LogP) is 3.54. The third-order valence-corrected chi connectivity index (χ3v) is 4.89. The summed E-state index contributed by atoms with van der Waals surface area (Å²) >= 11 is 0. The summed E-state index contributed by atoms with van der Waals surface area (Å²) in [5.41, 5.74) is 6.66. The Morgan fingerprint density at radius 1 is 1.18 bits per heavy atom. The number of nitrogens with two attached hydrogens (primary N) is 1. The van der Waals surface area contributed by atoms with Crippen molar-refractivity contribution >= 4 is 28.4 Å². The minimum atomic E-state index is -4.83. The number of alkyl halides is 3. The molecule has 0 saturated carbocycles. The molecule has 0 aliphatic heterocycles. The van der Waals surface area contributed by atoms with Gasteiger partial charge in [-0.2, -0.15) is 18.3 Å². The van der Waals surface area contributed by atoms with E-state index in [0.29, 0.717) is 34.4 Å². The number of hydrogen-bond acceptors (Lipinski definition) is 6. The van der Waals surface area contributed by atoms with Gasteiger partial charge >= 0.3 is 6.18 Å². The average molecular weight is 460 g/mol. The van der Waals surface area contributed by atoms with Crippen LogP contribution in [0.4, 0.5) is 29.1 Å². The number of nitrogen functional groups attached to an aromatic ring is 1. The van der Waals surface area contributed by atoms with Crippen molar-refractivity contribution in [3.63, 3.8) is 0 Å². The van der Waals surface area contributed by atoms with E-state index in [-0.39, 0.29) is 17.6 Å². The molecule has 0 radical (unpaired) electrons. The van der Waals surface area contributed by atoms with E-state index in [1.807, 2.05) is 0 Å². The number of carbonyl (C=O) groups is 1. The van der Waals surface area contributed by atoms with Gasteiger partial charge in [0.1, 0.15) is 23.2 Å². The third-order valence-electron chi connectivity index (χ3n) is 4.89. The molecule has 2 heterocycles. The van der Waals surface area contributed by atoms with Gasteiger partial charge in [0, 0.05) is 5.69 Å². The first-order chi connectivity index (χ1) is 15.5. The minimum Gasteiger partial charge on any atom is -0.382 e. The van der Waals surface area contributed by atoms with Gasteiger partial charge in [0.2, 0.25) is 0 Å². The van der Waals surface area contributed by atoms with E-state index in [2.05, 4.69) is 20.4 Å². The zero-order valence-corrected chi connectivity index (χ0v) is 16.9. The first-order valence-corrected chi connectivity index (χ1v) is 9.46. The lowest BCUT2D eigenvalue weighted by atomic mass is 10.0. The Morgan fingerprint density at radius 3 is 2.64 bits per heavy atom. The SMILES string of the molecule is Cc1cc(NC(=O)[C@H](O)c2cc(F)cc(C(F)(F)F)c2)ccc1-n1ncc2ncnc(N)c21. The highest BCUT2D eigenvalue weighted by atomic mass is 19.4. The maximum Gasteiger partial charge on any atom is 0.416 e. The van der Waals surface area contributed by atoms with Crippen molar-refractivity contribution < 1.29 is 27.5 Å². The highest BCUT2D eigenvalue weighted by molar-refractivity contribution is 5.95. The van der Waals surface area contributed by atoms with E-state index in [0.717, 1.165) is 0 Å². The van der Waals surface area contributed by atoms with Crippen molar-refractivity contribution in [1.82, 2.24) is 19.7 Å². The summed E-state index contributed by atoms with van der Waals surface area (Å²) in [4.78, 5) is 20.5. The molecule has 0 aliphatic rings. The monoisotopic (exact) mass is 460 g/mol. The molecule has 170 valence electrons. The fourth-order valence-electron chi connectivity index (χ4n) is 3.34. The van der Waals surface area contributed by atoms with E-state index in [1.54, 1.807) is 19.1 Å². The molecule has 0 aliphatic carbocycles. The quantitative estimate of drug-likeness (QED) is 0.401. The van der Waals surface area contributed by atoms with Crippen molar-refractivity contribution in [1.29, 1.82) is 0 Å². The average Bonchev–Trinajstić information content (AvgIpc) is 3.17. The van der Waals surface area contributed by atoms with Crippen LogP contribution in [-0.4, -0.2) is 30.8 Å². The fourth-order valence-corrected chi connectivity index (χ4v) is 3.34. The Balaban J connectivity index is 1.58. The van der Waals surface area contributed by atoms with Crippen molar-refractivity contribution in [2.75, 3.05) is 11.1 Å². The number of aliphatic hydroxyl groups is 1. The number of hydrogen-bond donors (Lipinski definition) is 3. The molecule has 4 aromatic rings. The molecule has 0 bridgehead atoms. The first-order valence-electron chi connectivity index (χ1n) is 9.46. The lowest BCUT2D eigenvalue weighted by Gasteiger charge is -2.15. The molecule has 0 saturated heterocycles. The third kappa shape index (κ3) is 4.32. The van der Waals surface area contributed by atoms with Gasteiger partial charge in [-0.05, 0) is 54.4 Å². The summed E-state index contributed by atoms with van der Waals surface area (Å²) in [7, 11) is 0. The Hall–Kier alpha value is -4.06. The largest absolute Gasteiger partial charge is 0.416 e. The Morgan fingerprint density at radius 2 is 1.94 bits per heavy atom. The van der Waals surface area contributed by atoms with Gasteiger partial charge in [-0.25, -0.2) is 19.0 Å². The molecule has 4 rings (SSSR count). The Bertz CT molecular complexity index is 1370. The Labute approximate surface area is 183 Å². The van der Waals surface area contributed by atoms with E-state index < -0.39 is 35.1 Å². The summed E-state index contributed by atoms with van der Waals surface area (Å²) in [5.74, 6) is -2.02. The van der Waals surface area contributed by atoms with Crippen molar-refractivity contribution in [3.8, 4) is 5.69 Å². The van der Waals surface area contributed by atoms with E-state index in [1.165, 1.54) is 23.3 Å². The molecule has 33 heavy (non-hydrogen) atoms. The summed E-state index contributed by atoms with van der Waals surface area (Å²) in [6.07, 6.45) is -4.01. The lowest BCUT2D eigenvalue weighted by molar-refractivity contribution is -0.138. The van der Waals surface area contributed by atoms with Crippen LogP contribution in [0.3, 0.4) is 0 Å². The molecule has 0 fully saturated rings. The van der Waals surface area contributed by atoms with Crippen LogP contribution in [0.1, 0.15) is 22.8 Å². The molecule has 0 unspecified atom stereocenters. The van der Waals surface area contributed by atoms with Gasteiger partial charge in [0.25, 0.3) is 5.91 Å². The Kier molecular flexibility index (Phi) is 5.46. The second-order valence-corrected chi connectivity index (χ2v) is 7.21. The molecule has 2 aromatic heterocycles. The molecule has 1 amide bonds. The number of halogens is 4. The first kappa shape index (κ1) is 22.1. The number of nitrogens with zero attached hydrogens (tertiary/aromatic N) is 4. The molecular weight excluding hydrogens is 444 g/mol. The predicted molar refractivity (Wildman–Crippen MR) is 111 cm³/mol. The number of benzene rings is 2. The topological polar surface area (TPSA) is 119 Å². The number of nitrogens with one attached hydrogen (secondary N) is 1. The maximum absolute atomic E-state index is 13.6. The van der Waals surface area contributed by atoms with E-state index in [4.69, 9.17) is 5.73 Å². The second kappa shape index (κ2) is 8.13. The number of aromatic nitrogens is 4. The zero-order valence-electron chi connectivity index (χ0n) is 16.9. The number of amides is 1. The molecule has 0 spiro atoms. The van der Waals surface area contributed by atoms with Crippen molar-refractivity contribution in [2.45, 2.75) is 19.2 Å². The molecule has 8 nitrogen and oxygen atoms in total. The van der Waals surface area contributed by atoms with Gasteiger partial charge in [0.15, 0.2) is 11.9 Å². The number of aliphatic hydroxyl groups excluding tert-OH is 1. The summed E-state index contributed by atoms with van der Waals surface area (Å²) in [5, 5.41) is 16.9. The van der Waals surface area contributed by atoms with Crippen LogP contribution in [0.5, 0.6) is 0 Å². The number of carbonyl (C=O) groups excluding carboxylic acids is 1. The van der Waals surface area contributed by atoms with Gasteiger partial charge in [-0.1, -0.05) is 0 Å². The van der Waals surface area contributed by atoms with Crippen LogP contribution in [0.15, 0.2) is 48.9 Å². The van der Waals surface area contributed by atoms with Crippen LogP contribution in [0.2, 0.25) is 0 Å². The van der Waals surface area contributed by atoms with Crippen molar-refractivity contribution in [2.24, 2.45) is 0 Å². The zero-order chi connectivity index (χ0) is 23.9. The number of fused-ring (bicyclic) bond motifs is 1. The fraction of sp³-hybridized carbons (Fsp3) is 0.143. The van der Waals surface area contributed by atoms with E-state index >= 15 is 0 Å². The summed E-state index contributed by atoms with van der Waals surface area (Å²) in [6.45, 7) is 1.73. The van der Waals surface area contributed by atoms with Gasteiger partial charge < -0.3 is 16.2 Å². The normalized spacial score (nSPS) is 12.7. The number of anilines is 2. The second-order valence-electron chi connectivity index (χ2n) is 7.21. The highest BCUT2D eigenvalue weighted by Gasteiger charge is 2.32. The molecule has 1 atom stereocenters. The maximum atomic E-state index is 13.6. The highest BCUT2D eigenvalue weighted by Crippen LogP contribution is 2.32. The van der Waals surface area contributed by atoms with Gasteiger partial charge in [0.05, 0.1) is 17.4 Å². The van der Waals surface area contributed by atoms with Crippen LogP contribution in [0.25, 0.3) is 16.7 Å². The van der Waals surface area contributed by atoms with Crippen LogP contribution >= 0.6 is 0 Å². The number of aryl methyl sites for hydroxylation is 1. The van der Waals surface area contributed by atoms with Crippen LogP contribution in [-0.2, 0) is 11.0 Å². The van der Waals surface area contributed by atoms with Gasteiger partial charge in [-0.3, -0.25) is 4.79 Å². The van der Waals surface area contributed by atoms with Crippen LogP contribution < -0.4 is 11.1 Å². The molecule has 4 N–H and O–H groups in total. The number of rotatable bonds is 4. The summed E-state index contributed by atoms with van der Waals surface area (Å²) in [6, 6.07) is 6.18. The standard InChI is InChI=1S/C21H16F4N6O2/c1-10-4-14(2-3-16(10)31-17-15(8-29-31)27-9-28-19(17)26)30-20(33)18(32)11-5-12(21(23,24)25)7-13(22)6-11/h2-9,18,32H,1H3,(H,30,33)(H2,26,27,28)/t18-/m1/s1. The smallest absolute Gasteiger partial charge is 0.382 e. The molecule has 2 aromatic carbocycles. The van der Waals surface area contributed by atoms with E-state index in [9.17, 15) is 27.5 Å². The minimum absolute atomic E-state index is 0.228. The lowest BCUT2D eigenvalue weighted by Crippen LogP contribution is -2.21. The molecular formula is C21H16F4N6O2. The summed E-state index contributed by atoms with van der Waals surface area (Å²) < 4.78 is 53.9.